The van der Waals surface area contributed by atoms with E-state index in [1.807, 2.05) is 6.08 Å². The van der Waals surface area contributed by atoms with Crippen LogP contribution in [0.1, 0.15) is 72.1 Å². The smallest absolute Gasteiger partial charge is 0.307 e. The van der Waals surface area contributed by atoms with Crippen molar-refractivity contribution in [1.29, 1.82) is 0 Å². The highest BCUT2D eigenvalue weighted by Gasteiger charge is 2.47. The minimum atomic E-state index is -0.818. The molecule has 146 valence electrons. The summed E-state index contributed by atoms with van der Waals surface area (Å²) in [4.78, 5) is 23.6. The first kappa shape index (κ1) is 20.9. The molecule has 0 radical (unpaired) electrons. The Bertz CT molecular complexity index is 571. The number of aliphatic carboxylic acids is 1. The first-order valence-corrected chi connectivity index (χ1v) is 10.0. The Morgan fingerprint density at radius 2 is 2.04 bits per heavy atom. The summed E-state index contributed by atoms with van der Waals surface area (Å²) in [6.45, 7) is 6.47. The van der Waals surface area contributed by atoms with Crippen molar-refractivity contribution in [3.63, 3.8) is 0 Å². The van der Waals surface area contributed by atoms with Crippen LogP contribution in [0.25, 0.3) is 0 Å². The van der Waals surface area contributed by atoms with Crippen molar-refractivity contribution in [2.45, 2.75) is 78.2 Å². The Balaban J connectivity index is 1.77. The highest BCUT2D eigenvalue weighted by molar-refractivity contribution is 5.82. The first-order valence-electron chi connectivity index (χ1n) is 10.0. The highest BCUT2D eigenvalue weighted by Crippen LogP contribution is 2.48. The van der Waals surface area contributed by atoms with E-state index < -0.39 is 12.1 Å². The molecule has 0 aliphatic heterocycles. The van der Waals surface area contributed by atoms with Crippen LogP contribution in [0.4, 0.5) is 0 Å². The fraction of sp³-hybridized carbons (Fsp3) is 0.727. The fourth-order valence-corrected chi connectivity index (χ4v) is 4.67. The lowest BCUT2D eigenvalue weighted by Crippen LogP contribution is -2.28. The number of carboxylic acid groups (broad SMARTS) is 1. The Morgan fingerprint density at radius 3 is 2.69 bits per heavy atom. The summed E-state index contributed by atoms with van der Waals surface area (Å²) in [6, 6.07) is 0. The SMILES string of the molecule is CC(C)=CCCC(C)CCCC(=O)[C@@H]1[C@@H]2CC(CC(=O)O)=C[C@@H]2C[C@H]1O. The van der Waals surface area contributed by atoms with Crippen molar-refractivity contribution < 1.29 is 19.8 Å². The quantitative estimate of drug-likeness (QED) is 0.560. The number of aliphatic hydroxyl groups is 1. The summed E-state index contributed by atoms with van der Waals surface area (Å²) < 4.78 is 0. The van der Waals surface area contributed by atoms with E-state index in [1.54, 1.807) is 0 Å². The van der Waals surface area contributed by atoms with Crippen molar-refractivity contribution >= 4 is 11.8 Å². The average molecular weight is 363 g/mol. The van der Waals surface area contributed by atoms with Gasteiger partial charge in [-0.15, -0.1) is 0 Å². The molecule has 0 saturated heterocycles. The van der Waals surface area contributed by atoms with Crippen LogP contribution < -0.4 is 0 Å². The van der Waals surface area contributed by atoms with Gasteiger partial charge in [-0.3, -0.25) is 9.59 Å². The van der Waals surface area contributed by atoms with Gasteiger partial charge in [0.05, 0.1) is 12.5 Å². The van der Waals surface area contributed by atoms with Crippen LogP contribution in [-0.4, -0.2) is 28.1 Å². The number of fused-ring (bicyclic) bond motifs is 1. The monoisotopic (exact) mass is 362 g/mol. The van der Waals surface area contributed by atoms with Gasteiger partial charge in [-0.1, -0.05) is 36.6 Å². The number of carbonyl (C=O) groups excluding carboxylic acids is 1. The van der Waals surface area contributed by atoms with Gasteiger partial charge in [0.15, 0.2) is 0 Å². The minimum absolute atomic E-state index is 0.0627. The Morgan fingerprint density at radius 1 is 1.31 bits per heavy atom. The second-order valence-corrected chi connectivity index (χ2v) is 8.58. The topological polar surface area (TPSA) is 74.6 Å². The fourth-order valence-electron chi connectivity index (χ4n) is 4.67. The normalized spacial score (nSPS) is 28.4. The molecule has 26 heavy (non-hydrogen) atoms. The second-order valence-electron chi connectivity index (χ2n) is 8.58. The third-order valence-electron chi connectivity index (χ3n) is 5.97. The van der Waals surface area contributed by atoms with Crippen LogP contribution in [0.2, 0.25) is 0 Å². The second kappa shape index (κ2) is 9.50. The van der Waals surface area contributed by atoms with Crippen LogP contribution in [-0.2, 0) is 9.59 Å². The molecule has 0 bridgehead atoms. The van der Waals surface area contributed by atoms with Crippen LogP contribution >= 0.6 is 0 Å². The number of allylic oxidation sites excluding steroid dienone is 3. The van der Waals surface area contributed by atoms with E-state index in [-0.39, 0.29) is 30.0 Å². The molecule has 0 aromatic heterocycles. The molecule has 0 aromatic carbocycles. The number of aliphatic hydroxyl groups excluding tert-OH is 1. The van der Waals surface area contributed by atoms with E-state index in [0.29, 0.717) is 25.2 Å². The summed E-state index contributed by atoms with van der Waals surface area (Å²) in [6.07, 6.45) is 9.73. The number of hydrogen-bond acceptors (Lipinski definition) is 3. The Kier molecular flexibility index (Phi) is 7.63. The first-order chi connectivity index (χ1) is 12.3. The zero-order chi connectivity index (χ0) is 19.3. The molecule has 1 fully saturated rings. The molecule has 0 spiro atoms. The van der Waals surface area contributed by atoms with E-state index >= 15 is 0 Å². The average Bonchev–Trinajstić information content (AvgIpc) is 3.01. The summed E-state index contributed by atoms with van der Waals surface area (Å²) in [5.41, 5.74) is 2.27. The molecule has 1 unspecified atom stereocenters. The van der Waals surface area contributed by atoms with Crippen molar-refractivity contribution in [3.05, 3.63) is 23.3 Å². The van der Waals surface area contributed by atoms with Gasteiger partial charge in [0.2, 0.25) is 0 Å². The highest BCUT2D eigenvalue weighted by atomic mass is 16.4. The molecule has 4 heteroatoms. The molecular weight excluding hydrogens is 328 g/mol. The minimum Gasteiger partial charge on any atom is -0.481 e. The summed E-state index contributed by atoms with van der Waals surface area (Å²) in [5, 5.41) is 19.3. The van der Waals surface area contributed by atoms with Gasteiger partial charge in [0, 0.05) is 12.3 Å². The molecule has 5 atom stereocenters. The molecular formula is C22H34O4. The summed E-state index contributed by atoms with van der Waals surface area (Å²) in [5.74, 6) is -0.0510. The molecule has 0 amide bonds. The van der Waals surface area contributed by atoms with Gasteiger partial charge in [0.1, 0.15) is 5.78 Å². The molecule has 1 saturated carbocycles. The van der Waals surface area contributed by atoms with E-state index in [2.05, 4.69) is 26.8 Å². The van der Waals surface area contributed by atoms with Crippen molar-refractivity contribution in [3.8, 4) is 0 Å². The molecule has 0 heterocycles. The van der Waals surface area contributed by atoms with Crippen molar-refractivity contribution in [2.24, 2.45) is 23.7 Å². The predicted molar refractivity (Wildman–Crippen MR) is 103 cm³/mol. The zero-order valence-electron chi connectivity index (χ0n) is 16.4. The number of rotatable bonds is 10. The summed E-state index contributed by atoms with van der Waals surface area (Å²) in [7, 11) is 0. The molecule has 2 aliphatic rings. The van der Waals surface area contributed by atoms with Gasteiger partial charge in [-0.25, -0.2) is 0 Å². The van der Waals surface area contributed by atoms with Crippen LogP contribution in [0.5, 0.6) is 0 Å². The third kappa shape index (κ3) is 5.80. The van der Waals surface area contributed by atoms with Gasteiger partial charge >= 0.3 is 5.97 Å². The lowest BCUT2D eigenvalue weighted by atomic mass is 9.84. The predicted octanol–water partition coefficient (Wildman–Crippen LogP) is 4.53. The molecule has 2 aliphatic carbocycles. The standard InChI is InChI=1S/C22H34O4/c1-14(2)6-4-7-15(3)8-5-9-19(23)22-18-11-16(12-21(25)26)10-17(18)13-20(22)24/h6,10,15,17-18,20,22,24H,4-5,7-9,11-13H2,1-3H3,(H,25,26)/t15?,17-,18-,20-,22+/m1/s1. The summed E-state index contributed by atoms with van der Waals surface area (Å²) >= 11 is 0. The molecule has 0 aromatic rings. The largest absolute Gasteiger partial charge is 0.481 e. The maximum atomic E-state index is 12.7. The molecule has 2 rings (SSSR count). The molecule has 4 nitrogen and oxygen atoms in total. The van der Waals surface area contributed by atoms with Crippen LogP contribution in [0, 0.1) is 23.7 Å². The van der Waals surface area contributed by atoms with E-state index in [1.165, 1.54) is 5.57 Å². The van der Waals surface area contributed by atoms with E-state index in [0.717, 1.165) is 31.3 Å². The molecule has 2 N–H and O–H groups in total. The van der Waals surface area contributed by atoms with E-state index in [9.17, 15) is 14.7 Å². The Labute approximate surface area is 157 Å². The lowest BCUT2D eigenvalue weighted by Gasteiger charge is -2.21. The van der Waals surface area contributed by atoms with Crippen molar-refractivity contribution in [1.82, 2.24) is 0 Å². The van der Waals surface area contributed by atoms with Gasteiger partial charge in [0.25, 0.3) is 0 Å². The van der Waals surface area contributed by atoms with E-state index in [4.69, 9.17) is 5.11 Å². The van der Waals surface area contributed by atoms with Gasteiger partial charge in [-0.2, -0.15) is 0 Å². The van der Waals surface area contributed by atoms with Crippen molar-refractivity contribution in [2.75, 3.05) is 0 Å². The maximum absolute atomic E-state index is 12.7. The number of carboxylic acids is 1. The van der Waals surface area contributed by atoms with Crippen LogP contribution in [0.15, 0.2) is 23.3 Å². The number of Topliss-reactive ketones (excluding diaryl/α,β-unsaturated/α-hetero) is 1. The third-order valence-corrected chi connectivity index (χ3v) is 5.97. The number of hydrogen-bond donors (Lipinski definition) is 2. The van der Waals surface area contributed by atoms with Gasteiger partial charge in [-0.05, 0) is 63.7 Å². The zero-order valence-corrected chi connectivity index (χ0v) is 16.4. The Hall–Kier alpha value is -1.42. The lowest BCUT2D eigenvalue weighted by molar-refractivity contribution is -0.136. The maximum Gasteiger partial charge on any atom is 0.307 e. The van der Waals surface area contributed by atoms with Gasteiger partial charge < -0.3 is 10.2 Å². The van der Waals surface area contributed by atoms with Crippen LogP contribution in [0.3, 0.4) is 0 Å². The number of carbonyl (C=O) groups is 2. The number of ketones is 1.